The summed E-state index contributed by atoms with van der Waals surface area (Å²) >= 11 is 2.06. The average molecular weight is 536 g/mol. The molecule has 7 rings (SSSR count). The average Bonchev–Trinajstić information content (AvgIpc) is 3.23. The number of hydrazine groups is 1. The highest BCUT2D eigenvalue weighted by atomic mass is 32.2. The molecular weight excluding hydrogens is 502 g/mol. The van der Waals surface area contributed by atoms with Crippen LogP contribution >= 0.6 is 11.8 Å². The molecule has 39 heavy (non-hydrogen) atoms. The molecule has 6 atom stereocenters. The van der Waals surface area contributed by atoms with Gasteiger partial charge in [-0.25, -0.2) is 9.91 Å². The van der Waals surface area contributed by atoms with E-state index in [2.05, 4.69) is 77.4 Å². The summed E-state index contributed by atoms with van der Waals surface area (Å²) in [6.07, 6.45) is 3.13. The van der Waals surface area contributed by atoms with Gasteiger partial charge in [0.2, 0.25) is 5.91 Å². The van der Waals surface area contributed by atoms with Crippen LogP contribution in [0.25, 0.3) is 0 Å². The molecule has 3 aromatic rings. The molecule has 5 nitrogen and oxygen atoms in total. The predicted octanol–water partition coefficient (Wildman–Crippen LogP) is 6.03. The van der Waals surface area contributed by atoms with Crippen LogP contribution in [-0.4, -0.2) is 47.2 Å². The maximum absolute atomic E-state index is 14.5. The Bertz CT molecular complexity index is 1430. The smallest absolute Gasteiger partial charge is 0.258 e. The fraction of sp³-hybridized carbons (Fsp3) is 0.333. The minimum Gasteiger partial charge on any atom is -0.297 e. The Morgan fingerprint density at radius 1 is 0.744 bits per heavy atom. The molecular formula is C33H33N3O2S. The lowest BCUT2D eigenvalue weighted by molar-refractivity contribution is -0.131. The highest BCUT2D eigenvalue weighted by Crippen LogP contribution is 2.64. The van der Waals surface area contributed by atoms with Gasteiger partial charge in [0.15, 0.2) is 0 Å². The van der Waals surface area contributed by atoms with E-state index in [4.69, 9.17) is 0 Å². The van der Waals surface area contributed by atoms with Gasteiger partial charge in [-0.2, -0.15) is 0 Å². The lowest BCUT2D eigenvalue weighted by Crippen LogP contribution is -2.58. The molecule has 4 aliphatic rings. The SMILES string of the molecule is CN(C)N1C2=C3[C@@H]([C@H]4C(=O)N(c5ccccc5)C(=O)[C@@H]41)[C@H](c1ccccc1)[C@H](c1ccccc1)S[C@@H]3CCC2. The van der Waals surface area contributed by atoms with Crippen LogP contribution in [0, 0.1) is 11.8 Å². The molecule has 198 valence electrons. The lowest BCUT2D eigenvalue weighted by Gasteiger charge is -2.55. The first-order valence-corrected chi connectivity index (χ1v) is 14.9. The number of imide groups is 1. The van der Waals surface area contributed by atoms with Gasteiger partial charge in [-0.05, 0) is 48.1 Å². The monoisotopic (exact) mass is 535 g/mol. The van der Waals surface area contributed by atoms with E-state index in [1.165, 1.54) is 27.3 Å². The van der Waals surface area contributed by atoms with Crippen LogP contribution in [-0.2, 0) is 9.59 Å². The van der Waals surface area contributed by atoms with E-state index in [0.29, 0.717) is 10.9 Å². The van der Waals surface area contributed by atoms with Crippen molar-refractivity contribution in [3.05, 3.63) is 113 Å². The molecule has 0 aromatic heterocycles. The number of thioether (sulfide) groups is 1. The molecule has 0 radical (unpaired) electrons. The number of hydrogen-bond donors (Lipinski definition) is 0. The lowest BCUT2D eigenvalue weighted by atomic mass is 9.64. The Kier molecular flexibility index (Phi) is 6.13. The zero-order valence-electron chi connectivity index (χ0n) is 22.3. The van der Waals surface area contributed by atoms with Gasteiger partial charge in [-0.1, -0.05) is 78.9 Å². The third-order valence-corrected chi connectivity index (χ3v) is 10.6. The van der Waals surface area contributed by atoms with Crippen LogP contribution in [0.2, 0.25) is 0 Å². The second kappa shape index (κ2) is 9.68. The summed E-state index contributed by atoms with van der Waals surface area (Å²) in [4.78, 5) is 30.3. The molecule has 2 fully saturated rings. The second-order valence-corrected chi connectivity index (χ2v) is 12.6. The number of allylic oxidation sites excluding steroid dienone is 1. The molecule has 2 saturated heterocycles. The van der Waals surface area contributed by atoms with Gasteiger partial charge in [0.25, 0.3) is 5.91 Å². The predicted molar refractivity (Wildman–Crippen MR) is 156 cm³/mol. The largest absolute Gasteiger partial charge is 0.297 e. The standard InChI is InChI=1S/C33H33N3O2S/c1-34(2)36-24-19-12-20-25-27(24)28(29-30(36)33(38)35(32(29)37)23-17-10-5-11-18-23)26(21-13-6-3-7-14-21)31(39-25)22-15-8-4-9-16-22/h3-11,13-18,25-26,28-31H,12,19-20H2,1-2H3/t25-,26+,28+,29-,30-,31+/m1/s1. The third kappa shape index (κ3) is 3.80. The Morgan fingerprint density at radius 3 is 2.00 bits per heavy atom. The first kappa shape index (κ1) is 24.7. The molecule has 3 aliphatic heterocycles. The van der Waals surface area contributed by atoms with Crippen LogP contribution in [0.5, 0.6) is 0 Å². The number of carbonyl (C=O) groups excluding carboxylic acids is 2. The van der Waals surface area contributed by atoms with E-state index in [0.717, 1.165) is 19.3 Å². The number of para-hydroxylation sites is 1. The topological polar surface area (TPSA) is 43.9 Å². The van der Waals surface area contributed by atoms with Crippen molar-refractivity contribution in [2.45, 2.75) is 41.7 Å². The molecule has 0 spiro atoms. The summed E-state index contributed by atoms with van der Waals surface area (Å²) in [7, 11) is 4.02. The third-order valence-electron chi connectivity index (χ3n) is 8.95. The number of carbonyl (C=O) groups is 2. The van der Waals surface area contributed by atoms with E-state index < -0.39 is 12.0 Å². The van der Waals surface area contributed by atoms with E-state index >= 15 is 0 Å². The van der Waals surface area contributed by atoms with Gasteiger partial charge in [0.05, 0.1) is 11.6 Å². The van der Waals surface area contributed by atoms with Crippen molar-refractivity contribution in [1.82, 2.24) is 10.0 Å². The molecule has 0 N–H and O–H groups in total. The maximum atomic E-state index is 14.5. The first-order valence-electron chi connectivity index (χ1n) is 13.9. The molecule has 0 unspecified atom stereocenters. The molecule has 3 heterocycles. The van der Waals surface area contributed by atoms with Crippen molar-refractivity contribution < 1.29 is 9.59 Å². The maximum Gasteiger partial charge on any atom is 0.258 e. The molecule has 6 heteroatoms. The van der Waals surface area contributed by atoms with Crippen LogP contribution in [0.1, 0.15) is 41.6 Å². The number of benzene rings is 3. The van der Waals surface area contributed by atoms with E-state index in [1.54, 1.807) is 0 Å². The number of hydrogen-bond acceptors (Lipinski definition) is 5. The Morgan fingerprint density at radius 2 is 1.36 bits per heavy atom. The van der Waals surface area contributed by atoms with Crippen molar-refractivity contribution >= 4 is 29.3 Å². The number of anilines is 1. The van der Waals surface area contributed by atoms with Crippen molar-refractivity contribution in [1.29, 1.82) is 0 Å². The number of nitrogens with zero attached hydrogens (tertiary/aromatic N) is 3. The van der Waals surface area contributed by atoms with Crippen molar-refractivity contribution in [3.8, 4) is 0 Å². The van der Waals surface area contributed by atoms with Crippen molar-refractivity contribution in [2.75, 3.05) is 19.0 Å². The zero-order chi connectivity index (χ0) is 26.7. The summed E-state index contributed by atoms with van der Waals surface area (Å²) in [5, 5.41) is 4.76. The summed E-state index contributed by atoms with van der Waals surface area (Å²) < 4.78 is 0. The summed E-state index contributed by atoms with van der Waals surface area (Å²) in [6, 6.07) is 30.4. The molecule has 3 aromatic carbocycles. The highest BCUT2D eigenvalue weighted by molar-refractivity contribution is 8.00. The summed E-state index contributed by atoms with van der Waals surface area (Å²) in [6.45, 7) is 0. The van der Waals surface area contributed by atoms with Gasteiger partial charge in [-0.15, -0.1) is 11.8 Å². The zero-order valence-corrected chi connectivity index (χ0v) is 23.1. The summed E-state index contributed by atoms with van der Waals surface area (Å²) in [5.74, 6) is -0.576. The van der Waals surface area contributed by atoms with E-state index in [9.17, 15) is 9.59 Å². The quantitative estimate of drug-likeness (QED) is 0.382. The van der Waals surface area contributed by atoms with Gasteiger partial charge in [-0.3, -0.25) is 14.6 Å². The van der Waals surface area contributed by atoms with Gasteiger partial charge in [0.1, 0.15) is 6.04 Å². The molecule has 0 bridgehead atoms. The summed E-state index contributed by atoms with van der Waals surface area (Å²) in [5.41, 5.74) is 5.87. The normalized spacial score (nSPS) is 30.0. The van der Waals surface area contributed by atoms with Crippen molar-refractivity contribution in [3.63, 3.8) is 0 Å². The van der Waals surface area contributed by atoms with Gasteiger partial charge < -0.3 is 0 Å². The van der Waals surface area contributed by atoms with Crippen LogP contribution in [0.15, 0.2) is 102 Å². The molecule has 1 aliphatic carbocycles. The minimum absolute atomic E-state index is 0.0366. The number of fused-ring (bicyclic) bond motifs is 2. The Labute approximate surface area is 234 Å². The second-order valence-electron chi connectivity index (χ2n) is 11.2. The Balaban J connectivity index is 1.47. The van der Waals surface area contributed by atoms with Crippen LogP contribution < -0.4 is 4.90 Å². The highest BCUT2D eigenvalue weighted by Gasteiger charge is 2.63. The molecule has 2 amide bonds. The Hall–Kier alpha value is -3.35. The van der Waals surface area contributed by atoms with Crippen LogP contribution in [0.4, 0.5) is 5.69 Å². The van der Waals surface area contributed by atoms with Crippen LogP contribution in [0.3, 0.4) is 0 Å². The van der Waals surface area contributed by atoms with Gasteiger partial charge in [0, 0.05) is 42.1 Å². The first-order chi connectivity index (χ1) is 19.1. The van der Waals surface area contributed by atoms with E-state index in [-0.39, 0.29) is 28.9 Å². The van der Waals surface area contributed by atoms with Gasteiger partial charge >= 0.3 is 0 Å². The fourth-order valence-corrected chi connectivity index (χ4v) is 9.46. The van der Waals surface area contributed by atoms with Crippen molar-refractivity contribution in [2.24, 2.45) is 11.8 Å². The molecule has 0 saturated carbocycles. The number of rotatable bonds is 4. The van der Waals surface area contributed by atoms with E-state index in [1.807, 2.05) is 49.4 Å². The number of amides is 2. The fourth-order valence-electron chi connectivity index (χ4n) is 7.56. The minimum atomic E-state index is -0.541.